The number of amides is 1. The zero-order valence-electron chi connectivity index (χ0n) is 10.7. The summed E-state index contributed by atoms with van der Waals surface area (Å²) in [6.07, 6.45) is 2.15. The van der Waals surface area contributed by atoms with Gasteiger partial charge in [0.05, 0.1) is 6.04 Å². The second-order valence-electron chi connectivity index (χ2n) is 4.69. The van der Waals surface area contributed by atoms with Crippen LogP contribution in [0.1, 0.15) is 29.6 Å². The average molecular weight is 283 g/mol. The summed E-state index contributed by atoms with van der Waals surface area (Å²) in [5.74, 6) is -2.23. The number of nitrogens with zero attached hydrogens (tertiary/aromatic N) is 2. The highest BCUT2D eigenvalue weighted by Crippen LogP contribution is 2.20. The molecule has 1 aromatic rings. The lowest BCUT2D eigenvalue weighted by Gasteiger charge is -2.34. The number of oxime groups is 1. The van der Waals surface area contributed by atoms with Crippen LogP contribution in [0.4, 0.5) is 8.78 Å². The van der Waals surface area contributed by atoms with Crippen molar-refractivity contribution in [2.24, 2.45) is 10.9 Å². The Kier molecular flexibility index (Phi) is 4.16. The zero-order valence-corrected chi connectivity index (χ0v) is 10.7. The fourth-order valence-corrected chi connectivity index (χ4v) is 2.39. The number of carbonyl (C=O) groups excluding carboxylic acids is 1. The van der Waals surface area contributed by atoms with Crippen molar-refractivity contribution in [3.8, 4) is 0 Å². The topological polar surface area (TPSA) is 78.9 Å². The van der Waals surface area contributed by atoms with Crippen molar-refractivity contribution in [3.05, 3.63) is 35.4 Å². The molecule has 1 aliphatic heterocycles. The summed E-state index contributed by atoms with van der Waals surface area (Å²) < 4.78 is 26.4. The van der Waals surface area contributed by atoms with Gasteiger partial charge < -0.3 is 15.8 Å². The van der Waals surface area contributed by atoms with Crippen molar-refractivity contribution in [1.29, 1.82) is 0 Å². The maximum absolute atomic E-state index is 13.2. The van der Waals surface area contributed by atoms with E-state index in [0.717, 1.165) is 25.0 Å². The summed E-state index contributed by atoms with van der Waals surface area (Å²) in [5, 5.41) is 11.7. The molecule has 0 spiro atoms. The molecule has 20 heavy (non-hydrogen) atoms. The molecule has 2 rings (SSSR count). The molecule has 7 heteroatoms. The van der Waals surface area contributed by atoms with E-state index in [9.17, 15) is 13.6 Å². The summed E-state index contributed by atoms with van der Waals surface area (Å²) in [4.78, 5) is 13.7. The Bertz CT molecular complexity index is 528. The minimum absolute atomic E-state index is 0.0741. The van der Waals surface area contributed by atoms with Crippen molar-refractivity contribution in [2.75, 3.05) is 6.54 Å². The molecule has 1 heterocycles. The number of benzene rings is 1. The van der Waals surface area contributed by atoms with E-state index in [1.165, 1.54) is 4.90 Å². The number of hydrogen-bond donors (Lipinski definition) is 2. The summed E-state index contributed by atoms with van der Waals surface area (Å²) in [5.41, 5.74) is 5.49. The minimum atomic E-state index is -0.814. The molecule has 1 atom stereocenters. The molecule has 3 N–H and O–H groups in total. The third kappa shape index (κ3) is 2.87. The lowest BCUT2D eigenvalue weighted by molar-refractivity contribution is 0.0675. The maximum Gasteiger partial charge on any atom is 0.254 e. The first-order valence-corrected chi connectivity index (χ1v) is 6.27. The van der Waals surface area contributed by atoms with Crippen LogP contribution < -0.4 is 5.73 Å². The first-order chi connectivity index (χ1) is 9.52. The van der Waals surface area contributed by atoms with E-state index in [1.807, 2.05) is 0 Å². The van der Waals surface area contributed by atoms with Crippen LogP contribution in [0.15, 0.2) is 23.4 Å². The quantitative estimate of drug-likeness (QED) is 0.375. The monoisotopic (exact) mass is 283 g/mol. The van der Waals surface area contributed by atoms with Crippen LogP contribution in [0.3, 0.4) is 0 Å². The smallest absolute Gasteiger partial charge is 0.254 e. The maximum atomic E-state index is 13.2. The van der Waals surface area contributed by atoms with Gasteiger partial charge in [-0.1, -0.05) is 5.16 Å². The Hall–Kier alpha value is -2.18. The fourth-order valence-electron chi connectivity index (χ4n) is 2.39. The van der Waals surface area contributed by atoms with Crippen LogP contribution in [0.25, 0.3) is 0 Å². The van der Waals surface area contributed by atoms with E-state index in [1.54, 1.807) is 0 Å². The molecule has 1 saturated heterocycles. The van der Waals surface area contributed by atoms with Crippen molar-refractivity contribution >= 4 is 11.7 Å². The Morgan fingerprint density at radius 3 is 2.55 bits per heavy atom. The predicted octanol–water partition coefficient (Wildman–Crippen LogP) is 1.71. The third-order valence-electron chi connectivity index (χ3n) is 3.33. The molecule has 1 aliphatic rings. The van der Waals surface area contributed by atoms with Crippen LogP contribution in [-0.2, 0) is 0 Å². The molecule has 1 aromatic carbocycles. The molecule has 1 unspecified atom stereocenters. The largest absolute Gasteiger partial charge is 0.409 e. The number of halogens is 2. The molecular weight excluding hydrogens is 268 g/mol. The molecule has 0 aromatic heterocycles. The van der Waals surface area contributed by atoms with Crippen molar-refractivity contribution < 1.29 is 18.8 Å². The van der Waals surface area contributed by atoms with E-state index < -0.39 is 23.6 Å². The third-order valence-corrected chi connectivity index (χ3v) is 3.33. The highest BCUT2D eigenvalue weighted by Gasteiger charge is 2.30. The Labute approximate surface area is 114 Å². The highest BCUT2D eigenvalue weighted by atomic mass is 19.1. The second-order valence-corrected chi connectivity index (χ2v) is 4.69. The molecule has 1 fully saturated rings. The van der Waals surface area contributed by atoms with Gasteiger partial charge in [-0.3, -0.25) is 4.79 Å². The van der Waals surface area contributed by atoms with Gasteiger partial charge in [0, 0.05) is 18.2 Å². The standard InChI is InChI=1S/C13H15F2N3O2/c14-9-5-8(6-10(15)7-9)13(19)18-4-2-1-3-11(18)12(16)17-20/h5-7,11,20H,1-4H2,(H2,16,17). The summed E-state index contributed by atoms with van der Waals surface area (Å²) in [7, 11) is 0. The second kappa shape index (κ2) is 5.85. The lowest BCUT2D eigenvalue weighted by atomic mass is 10.00. The molecule has 0 saturated carbocycles. The van der Waals surface area contributed by atoms with E-state index >= 15 is 0 Å². The van der Waals surface area contributed by atoms with Crippen LogP contribution in [-0.4, -0.2) is 34.4 Å². The van der Waals surface area contributed by atoms with Gasteiger partial charge in [-0.2, -0.15) is 0 Å². The number of carbonyl (C=O) groups is 1. The molecule has 0 aliphatic carbocycles. The van der Waals surface area contributed by atoms with Crippen LogP contribution in [0.2, 0.25) is 0 Å². The predicted molar refractivity (Wildman–Crippen MR) is 68.4 cm³/mol. The molecule has 1 amide bonds. The van der Waals surface area contributed by atoms with Gasteiger partial charge >= 0.3 is 0 Å². The SMILES string of the molecule is NC(=NO)C1CCCCN1C(=O)c1cc(F)cc(F)c1. The Morgan fingerprint density at radius 2 is 1.95 bits per heavy atom. The molecular formula is C13H15F2N3O2. The number of hydrogen-bond acceptors (Lipinski definition) is 3. The zero-order chi connectivity index (χ0) is 14.7. The van der Waals surface area contributed by atoms with Crippen molar-refractivity contribution in [2.45, 2.75) is 25.3 Å². The number of amidine groups is 1. The summed E-state index contributed by atoms with van der Waals surface area (Å²) in [6.45, 7) is 0.401. The molecule has 0 radical (unpaired) electrons. The molecule has 0 bridgehead atoms. The van der Waals surface area contributed by atoms with Gasteiger partial charge in [0.1, 0.15) is 11.6 Å². The van der Waals surface area contributed by atoms with Gasteiger partial charge in [-0.05, 0) is 31.4 Å². The van der Waals surface area contributed by atoms with E-state index in [2.05, 4.69) is 5.16 Å². The number of piperidine rings is 1. The number of rotatable bonds is 2. The van der Waals surface area contributed by atoms with Crippen LogP contribution >= 0.6 is 0 Å². The van der Waals surface area contributed by atoms with Gasteiger partial charge in [-0.25, -0.2) is 8.78 Å². The molecule has 5 nitrogen and oxygen atoms in total. The lowest BCUT2D eigenvalue weighted by Crippen LogP contribution is -2.50. The van der Waals surface area contributed by atoms with Gasteiger partial charge in [-0.15, -0.1) is 0 Å². The average Bonchev–Trinajstić information content (AvgIpc) is 2.44. The van der Waals surface area contributed by atoms with Crippen molar-refractivity contribution in [3.63, 3.8) is 0 Å². The van der Waals surface area contributed by atoms with Crippen molar-refractivity contribution in [1.82, 2.24) is 4.90 Å². The first kappa shape index (κ1) is 14.2. The van der Waals surface area contributed by atoms with Gasteiger partial charge in [0.2, 0.25) is 0 Å². The fraction of sp³-hybridized carbons (Fsp3) is 0.385. The summed E-state index contributed by atoms with van der Waals surface area (Å²) in [6, 6.07) is 2.10. The van der Waals surface area contributed by atoms with Gasteiger partial charge in [0.15, 0.2) is 5.84 Å². The normalized spacial score (nSPS) is 20.0. The van der Waals surface area contributed by atoms with Gasteiger partial charge in [0.25, 0.3) is 5.91 Å². The highest BCUT2D eigenvalue weighted by molar-refractivity contribution is 5.98. The Balaban J connectivity index is 2.29. The minimum Gasteiger partial charge on any atom is -0.409 e. The Morgan fingerprint density at radius 1 is 1.30 bits per heavy atom. The van der Waals surface area contributed by atoms with E-state index in [-0.39, 0.29) is 11.4 Å². The first-order valence-electron chi connectivity index (χ1n) is 6.27. The summed E-state index contributed by atoms with van der Waals surface area (Å²) >= 11 is 0. The molecule has 108 valence electrons. The van der Waals surface area contributed by atoms with Crippen LogP contribution in [0, 0.1) is 11.6 Å². The number of likely N-dealkylation sites (tertiary alicyclic amines) is 1. The number of nitrogens with two attached hydrogens (primary N) is 1. The van der Waals surface area contributed by atoms with E-state index in [0.29, 0.717) is 19.0 Å². The van der Waals surface area contributed by atoms with Crippen LogP contribution in [0.5, 0.6) is 0 Å². The van der Waals surface area contributed by atoms with E-state index in [4.69, 9.17) is 10.9 Å².